The van der Waals surface area contributed by atoms with Crippen molar-refractivity contribution in [1.82, 2.24) is 0 Å². The normalized spacial score (nSPS) is 12.1. The third kappa shape index (κ3) is 3.06. The highest BCUT2D eigenvalue weighted by atomic mass is 31.2. The summed E-state index contributed by atoms with van der Waals surface area (Å²) in [6, 6.07) is 31.1. The van der Waals surface area contributed by atoms with Crippen molar-refractivity contribution in [1.29, 1.82) is 0 Å². The van der Waals surface area contributed by atoms with Crippen LogP contribution in [0.2, 0.25) is 0 Å². The van der Waals surface area contributed by atoms with E-state index in [-0.39, 0.29) is 5.76 Å². The zero-order valence-corrected chi connectivity index (χ0v) is 14.0. The molecule has 0 N–H and O–H groups in total. The summed E-state index contributed by atoms with van der Waals surface area (Å²) in [5.41, 5.74) is 0. The second-order valence-electron chi connectivity index (χ2n) is 5.47. The molecule has 0 saturated carbocycles. The Hall–Kier alpha value is -2.37. The van der Waals surface area contributed by atoms with E-state index in [0.717, 1.165) is 0 Å². The van der Waals surface area contributed by atoms with Crippen molar-refractivity contribution in [2.45, 2.75) is 6.92 Å². The van der Waals surface area contributed by atoms with Gasteiger partial charge in [0.2, 0.25) is 0 Å². The topological polar surface area (TPSA) is 23.1 Å². The fourth-order valence-corrected chi connectivity index (χ4v) is 6.75. The van der Waals surface area contributed by atoms with Crippen molar-refractivity contribution in [3.63, 3.8) is 0 Å². The Morgan fingerprint density at radius 3 is 1.22 bits per heavy atom. The molecule has 0 saturated heterocycles. The Kier molecular flexibility index (Phi) is 4.60. The summed E-state index contributed by atoms with van der Waals surface area (Å²) in [6.45, 7) is 1.64. The van der Waals surface area contributed by atoms with E-state index in [4.69, 9.17) is 0 Å². The maximum atomic E-state index is 12.2. The Labute approximate surface area is 138 Å². The highest BCUT2D eigenvalue weighted by Crippen LogP contribution is 2.57. The molecular weight excluding hydrogens is 299 g/mol. The van der Waals surface area contributed by atoms with E-state index in [0.29, 0.717) is 0 Å². The minimum Gasteiger partial charge on any atom is -0.873 e. The molecule has 0 aliphatic rings. The largest absolute Gasteiger partial charge is 0.873 e. The van der Waals surface area contributed by atoms with Crippen LogP contribution in [0.4, 0.5) is 0 Å². The number of benzene rings is 3. The summed E-state index contributed by atoms with van der Waals surface area (Å²) in [6.07, 6.45) is 0. The number of allylic oxidation sites excluding steroid dienone is 1. The molecule has 2 heteroatoms. The van der Waals surface area contributed by atoms with E-state index in [1.165, 1.54) is 15.9 Å². The molecule has 0 heterocycles. The lowest BCUT2D eigenvalue weighted by Crippen LogP contribution is -2.30. The maximum Gasteiger partial charge on any atom is 0.136 e. The van der Waals surface area contributed by atoms with Gasteiger partial charge >= 0.3 is 0 Å². The third-order valence-electron chi connectivity index (χ3n) is 3.87. The van der Waals surface area contributed by atoms with Crippen molar-refractivity contribution in [2.24, 2.45) is 0 Å². The molecular formula is C21H19OP. The first-order valence-corrected chi connectivity index (χ1v) is 9.51. The van der Waals surface area contributed by atoms with Crippen molar-refractivity contribution in [3.05, 3.63) is 103 Å². The molecule has 1 nitrogen and oxygen atoms in total. The monoisotopic (exact) mass is 318 g/mol. The van der Waals surface area contributed by atoms with Gasteiger partial charge in [-0.05, 0) is 36.4 Å². The van der Waals surface area contributed by atoms with E-state index in [1.807, 2.05) is 60.4 Å². The molecule has 3 rings (SSSR count). The first-order valence-electron chi connectivity index (χ1n) is 7.65. The average Bonchev–Trinajstić information content (AvgIpc) is 2.62. The van der Waals surface area contributed by atoms with Crippen LogP contribution in [-0.4, -0.2) is 0 Å². The molecule has 0 unspecified atom stereocenters. The molecule has 114 valence electrons. The van der Waals surface area contributed by atoms with E-state index in [1.54, 1.807) is 6.92 Å². The van der Waals surface area contributed by atoms with E-state index < -0.39 is 7.26 Å². The van der Waals surface area contributed by atoms with Gasteiger partial charge in [-0.15, -0.1) is 0 Å². The van der Waals surface area contributed by atoms with Crippen LogP contribution in [0.1, 0.15) is 6.92 Å². The van der Waals surface area contributed by atoms with E-state index in [2.05, 4.69) is 36.4 Å². The highest BCUT2D eigenvalue weighted by Gasteiger charge is 2.42. The van der Waals surface area contributed by atoms with Crippen LogP contribution in [0.15, 0.2) is 103 Å². The predicted molar refractivity (Wildman–Crippen MR) is 98.9 cm³/mol. The van der Waals surface area contributed by atoms with Gasteiger partial charge < -0.3 is 5.11 Å². The summed E-state index contributed by atoms with van der Waals surface area (Å²) in [5.74, 6) is 2.04. The molecule has 3 aromatic carbocycles. The molecule has 0 aliphatic heterocycles. The highest BCUT2D eigenvalue weighted by molar-refractivity contribution is 7.98. The molecule has 23 heavy (non-hydrogen) atoms. The van der Waals surface area contributed by atoms with Gasteiger partial charge in [-0.2, -0.15) is 0 Å². The third-order valence-corrected chi connectivity index (χ3v) is 7.95. The van der Waals surface area contributed by atoms with Crippen molar-refractivity contribution < 1.29 is 5.11 Å². The molecule has 0 radical (unpaired) electrons. The molecule has 0 amide bonds. The van der Waals surface area contributed by atoms with Gasteiger partial charge in [-0.3, -0.25) is 0 Å². The Bertz CT molecular complexity index is 679. The van der Waals surface area contributed by atoms with Crippen LogP contribution in [0.3, 0.4) is 0 Å². The molecule has 0 fully saturated rings. The average molecular weight is 318 g/mol. The van der Waals surface area contributed by atoms with Crippen LogP contribution >= 0.6 is 7.26 Å². The van der Waals surface area contributed by atoms with Gasteiger partial charge in [0.1, 0.15) is 23.2 Å². The summed E-state index contributed by atoms with van der Waals surface area (Å²) >= 11 is 0. The first kappa shape index (κ1) is 15.5. The summed E-state index contributed by atoms with van der Waals surface area (Å²) < 4.78 is 0. The molecule has 0 atom stereocenters. The van der Waals surface area contributed by atoms with Crippen LogP contribution < -0.4 is 21.0 Å². The van der Waals surface area contributed by atoms with Crippen molar-refractivity contribution >= 4 is 23.2 Å². The molecule has 0 bridgehead atoms. The number of hydrogen-bond acceptors (Lipinski definition) is 1. The second-order valence-corrected chi connectivity index (χ2v) is 8.72. The number of hydrogen-bond donors (Lipinski definition) is 0. The fourth-order valence-electron chi connectivity index (χ4n) is 2.93. The lowest BCUT2D eigenvalue weighted by atomic mass is 10.4. The lowest BCUT2D eigenvalue weighted by Gasteiger charge is -2.25. The van der Waals surface area contributed by atoms with Gasteiger partial charge in [0.05, 0.1) is 5.82 Å². The number of rotatable bonds is 4. The van der Waals surface area contributed by atoms with Crippen LogP contribution in [0.25, 0.3) is 0 Å². The summed E-state index contributed by atoms with van der Waals surface area (Å²) in [7, 11) is -2.08. The summed E-state index contributed by atoms with van der Waals surface area (Å²) in [5, 5.41) is 15.8. The van der Waals surface area contributed by atoms with Gasteiger partial charge in [-0.25, -0.2) is 0 Å². The van der Waals surface area contributed by atoms with Gasteiger partial charge in [0.25, 0.3) is 0 Å². The molecule has 0 aromatic heterocycles. The Morgan fingerprint density at radius 1 is 0.652 bits per heavy atom. The van der Waals surface area contributed by atoms with Crippen LogP contribution in [-0.2, 0) is 0 Å². The predicted octanol–water partition coefficient (Wildman–Crippen LogP) is 3.20. The van der Waals surface area contributed by atoms with Gasteiger partial charge in [0, 0.05) is 0 Å². The Balaban J connectivity index is 2.38. The minimum absolute atomic E-state index is 0.106. The lowest BCUT2D eigenvalue weighted by molar-refractivity contribution is -0.301. The Morgan fingerprint density at radius 2 is 0.957 bits per heavy atom. The smallest absolute Gasteiger partial charge is 0.136 e. The van der Waals surface area contributed by atoms with Gasteiger partial charge in [0.15, 0.2) is 0 Å². The fraction of sp³-hybridized carbons (Fsp3) is 0.0476. The quantitative estimate of drug-likeness (QED) is 0.535. The molecule has 3 aromatic rings. The zero-order chi connectivity index (χ0) is 16.1. The van der Waals surface area contributed by atoms with Crippen molar-refractivity contribution in [3.8, 4) is 0 Å². The molecule has 0 spiro atoms. The zero-order valence-electron chi connectivity index (χ0n) is 13.1. The van der Waals surface area contributed by atoms with Crippen LogP contribution in [0.5, 0.6) is 0 Å². The van der Waals surface area contributed by atoms with Crippen LogP contribution in [0, 0.1) is 0 Å². The minimum atomic E-state index is -2.08. The van der Waals surface area contributed by atoms with E-state index >= 15 is 0 Å². The van der Waals surface area contributed by atoms with E-state index in [9.17, 15) is 5.11 Å². The first-order chi connectivity index (χ1) is 11.2. The SMILES string of the molecule is C/C([O-])=C/[P+](c1ccccc1)(c1ccccc1)c1ccccc1. The van der Waals surface area contributed by atoms with Crippen molar-refractivity contribution in [2.75, 3.05) is 0 Å². The summed E-state index contributed by atoms with van der Waals surface area (Å²) in [4.78, 5) is 0. The van der Waals surface area contributed by atoms with Gasteiger partial charge in [-0.1, -0.05) is 67.3 Å². The maximum absolute atomic E-state index is 12.2. The standard InChI is InChI=1S/C21H19OP/c1-18(22)17-23(19-11-5-2-6-12-19,20-13-7-3-8-14-20)21-15-9-4-10-16-21/h2-17H,1H3/b18-17-. The second kappa shape index (κ2) is 6.81. The molecule has 0 aliphatic carbocycles.